The van der Waals surface area contributed by atoms with Crippen molar-refractivity contribution in [2.24, 2.45) is 0 Å². The molecular weight excluding hydrogens is 404 g/mol. The number of aryl methyl sites for hydroxylation is 1. The molecule has 160 valence electrons. The maximum absolute atomic E-state index is 11.2. The first-order valence-electron chi connectivity index (χ1n) is 10.4. The lowest BCUT2D eigenvalue weighted by atomic mass is 9.90. The van der Waals surface area contributed by atoms with Gasteiger partial charge in [-0.2, -0.15) is 0 Å². The van der Waals surface area contributed by atoms with E-state index in [-0.39, 0.29) is 12.6 Å². The summed E-state index contributed by atoms with van der Waals surface area (Å²) in [5, 5.41) is 11.2. The van der Waals surface area contributed by atoms with Crippen LogP contribution in [-0.4, -0.2) is 29.9 Å². The summed E-state index contributed by atoms with van der Waals surface area (Å²) in [6.07, 6.45) is 1.41. The second-order valence-corrected chi connectivity index (χ2v) is 8.53. The van der Waals surface area contributed by atoms with Gasteiger partial charge in [-0.15, -0.1) is 0 Å². The molecule has 1 N–H and O–H groups in total. The molecule has 5 nitrogen and oxygen atoms in total. The Morgan fingerprint density at radius 3 is 2.70 bits per heavy atom. The molecule has 3 atom stereocenters. The lowest BCUT2D eigenvalue weighted by Gasteiger charge is -2.40. The van der Waals surface area contributed by atoms with Crippen LogP contribution in [0.25, 0.3) is 0 Å². The fourth-order valence-corrected chi connectivity index (χ4v) is 4.55. The van der Waals surface area contributed by atoms with Crippen molar-refractivity contribution in [3.8, 4) is 0 Å². The van der Waals surface area contributed by atoms with Gasteiger partial charge >= 0.3 is 5.97 Å². The van der Waals surface area contributed by atoms with Gasteiger partial charge in [-0.1, -0.05) is 42.8 Å². The summed E-state index contributed by atoms with van der Waals surface area (Å²) in [5.41, 5.74) is 5.34. The molecule has 0 saturated carbocycles. The predicted octanol–water partition coefficient (Wildman–Crippen LogP) is 4.28. The van der Waals surface area contributed by atoms with E-state index in [1.54, 1.807) is 0 Å². The van der Waals surface area contributed by atoms with Crippen molar-refractivity contribution in [3.63, 3.8) is 0 Å². The molecule has 1 saturated heterocycles. The van der Waals surface area contributed by atoms with E-state index >= 15 is 0 Å². The minimum Gasteiger partial charge on any atom is -0.463 e. The second-order valence-electron chi connectivity index (χ2n) is 8.13. The monoisotopic (exact) mass is 430 g/mol. The number of halogens is 1. The molecule has 4 rings (SSSR count). The van der Waals surface area contributed by atoms with Crippen molar-refractivity contribution in [1.82, 2.24) is 0 Å². The van der Waals surface area contributed by atoms with Gasteiger partial charge in [-0.05, 0) is 47.2 Å². The van der Waals surface area contributed by atoms with E-state index in [1.807, 2.05) is 12.1 Å². The minimum atomic E-state index is -1.04. The highest BCUT2D eigenvalue weighted by atomic mass is 35.5. The van der Waals surface area contributed by atoms with Gasteiger partial charge in [0.05, 0.1) is 18.8 Å². The Bertz CT molecular complexity index is 926. The smallest absolute Gasteiger partial charge is 0.302 e. The first-order chi connectivity index (χ1) is 14.4. The molecule has 2 aliphatic heterocycles. The molecule has 2 aromatic rings. The normalized spacial score (nSPS) is 25.3. The van der Waals surface area contributed by atoms with E-state index in [0.29, 0.717) is 30.9 Å². The summed E-state index contributed by atoms with van der Waals surface area (Å²) in [4.78, 5) is 11.2. The molecule has 1 fully saturated rings. The lowest BCUT2D eigenvalue weighted by molar-refractivity contribution is -0.303. The number of hydrogen-bond acceptors (Lipinski definition) is 5. The SMILES string of the molecule is CCc1ccc(Cc2cc3c(cc2Cl)CO[C@@]32C[C@@H](O)C[C@@H](COC(C)=O)O2)cc1. The van der Waals surface area contributed by atoms with Crippen molar-refractivity contribution in [1.29, 1.82) is 0 Å². The Balaban J connectivity index is 1.61. The average molecular weight is 431 g/mol. The molecule has 0 radical (unpaired) electrons. The summed E-state index contributed by atoms with van der Waals surface area (Å²) in [7, 11) is 0. The number of carbonyl (C=O) groups excluding carboxylic acids is 1. The number of benzene rings is 2. The molecule has 30 heavy (non-hydrogen) atoms. The van der Waals surface area contributed by atoms with E-state index in [9.17, 15) is 9.90 Å². The van der Waals surface area contributed by atoms with Crippen LogP contribution in [0.1, 0.15) is 54.5 Å². The molecule has 0 unspecified atom stereocenters. The summed E-state index contributed by atoms with van der Waals surface area (Å²) < 4.78 is 17.4. The van der Waals surface area contributed by atoms with Crippen LogP contribution in [-0.2, 0) is 44.2 Å². The highest BCUT2D eigenvalue weighted by Gasteiger charge is 2.48. The Morgan fingerprint density at radius 2 is 2.00 bits per heavy atom. The van der Waals surface area contributed by atoms with Crippen molar-refractivity contribution >= 4 is 17.6 Å². The van der Waals surface area contributed by atoms with E-state index in [0.717, 1.165) is 23.1 Å². The average Bonchev–Trinajstić information content (AvgIpc) is 3.03. The van der Waals surface area contributed by atoms with Gasteiger partial charge in [0.25, 0.3) is 0 Å². The second kappa shape index (κ2) is 8.67. The van der Waals surface area contributed by atoms with Crippen LogP contribution < -0.4 is 0 Å². The first kappa shape index (κ1) is 21.3. The van der Waals surface area contributed by atoms with Crippen molar-refractivity contribution in [2.75, 3.05) is 6.61 Å². The quantitative estimate of drug-likeness (QED) is 0.717. The topological polar surface area (TPSA) is 65.0 Å². The summed E-state index contributed by atoms with van der Waals surface area (Å²) >= 11 is 6.58. The fourth-order valence-electron chi connectivity index (χ4n) is 4.29. The molecule has 0 bridgehead atoms. The molecule has 0 aromatic heterocycles. The predicted molar refractivity (Wildman–Crippen MR) is 113 cm³/mol. The van der Waals surface area contributed by atoms with Crippen LogP contribution in [0.4, 0.5) is 0 Å². The zero-order chi connectivity index (χ0) is 21.3. The van der Waals surface area contributed by atoms with Gasteiger partial charge in [0.2, 0.25) is 0 Å². The highest BCUT2D eigenvalue weighted by molar-refractivity contribution is 6.31. The zero-order valence-corrected chi connectivity index (χ0v) is 18.1. The van der Waals surface area contributed by atoms with Gasteiger partial charge in [-0.3, -0.25) is 4.79 Å². The number of carbonyl (C=O) groups is 1. The summed E-state index contributed by atoms with van der Waals surface area (Å²) in [5.74, 6) is -1.41. The van der Waals surface area contributed by atoms with Crippen molar-refractivity contribution < 1.29 is 24.1 Å². The van der Waals surface area contributed by atoms with Crippen molar-refractivity contribution in [2.45, 2.75) is 64.1 Å². The number of esters is 1. The minimum absolute atomic E-state index is 0.0943. The Morgan fingerprint density at radius 1 is 1.27 bits per heavy atom. The third-order valence-electron chi connectivity index (χ3n) is 5.84. The third-order valence-corrected chi connectivity index (χ3v) is 6.19. The maximum atomic E-state index is 11.2. The molecular formula is C24H27ClO5. The van der Waals surface area contributed by atoms with E-state index < -0.39 is 18.0 Å². The number of aliphatic hydroxyl groups excluding tert-OH is 1. The maximum Gasteiger partial charge on any atom is 0.302 e. The largest absolute Gasteiger partial charge is 0.463 e. The highest BCUT2D eigenvalue weighted by Crippen LogP contribution is 2.47. The standard InChI is InChI=1S/C24H27ClO5/c1-3-16-4-6-17(7-5-16)8-18-9-22-19(10-23(18)25)13-29-24(22)12-20(27)11-21(30-24)14-28-15(2)26/h4-7,9-10,20-21,27H,3,8,11-14H2,1-2H3/t20-,21-,24+/m0/s1. The van der Waals surface area contributed by atoms with Crippen LogP contribution in [0.2, 0.25) is 5.02 Å². The number of ether oxygens (including phenoxy) is 3. The molecule has 6 heteroatoms. The molecule has 2 heterocycles. The number of hydrogen-bond donors (Lipinski definition) is 1. The van der Waals surface area contributed by atoms with Crippen LogP contribution in [0.3, 0.4) is 0 Å². The van der Waals surface area contributed by atoms with Crippen LogP contribution in [0.15, 0.2) is 36.4 Å². The lowest BCUT2D eigenvalue weighted by Crippen LogP contribution is -2.45. The zero-order valence-electron chi connectivity index (χ0n) is 17.3. The van der Waals surface area contributed by atoms with Gasteiger partial charge in [-0.25, -0.2) is 0 Å². The van der Waals surface area contributed by atoms with E-state index in [2.05, 4.69) is 31.2 Å². The van der Waals surface area contributed by atoms with Gasteiger partial charge in [0.1, 0.15) is 6.61 Å². The van der Waals surface area contributed by atoms with Crippen molar-refractivity contribution in [3.05, 3.63) is 69.2 Å². The van der Waals surface area contributed by atoms with Gasteiger partial charge in [0, 0.05) is 30.4 Å². The van der Waals surface area contributed by atoms with Gasteiger partial charge in [0.15, 0.2) is 5.79 Å². The summed E-state index contributed by atoms with van der Waals surface area (Å²) in [6.45, 7) is 3.96. The molecule has 2 aromatic carbocycles. The van der Waals surface area contributed by atoms with Gasteiger partial charge < -0.3 is 19.3 Å². The molecule has 2 aliphatic rings. The third kappa shape index (κ3) is 4.40. The Labute approximate surface area is 181 Å². The number of aliphatic hydroxyl groups is 1. The molecule has 0 amide bonds. The van der Waals surface area contributed by atoms with Crippen LogP contribution in [0, 0.1) is 0 Å². The first-order valence-corrected chi connectivity index (χ1v) is 10.8. The van der Waals surface area contributed by atoms with Crippen LogP contribution >= 0.6 is 11.6 Å². The summed E-state index contributed by atoms with van der Waals surface area (Å²) in [6, 6.07) is 12.5. The van der Waals surface area contributed by atoms with Crippen LogP contribution in [0.5, 0.6) is 0 Å². The Hall–Kier alpha value is -1.92. The molecule has 1 spiro atoms. The fraction of sp³-hybridized carbons (Fsp3) is 0.458. The Kier molecular flexibility index (Phi) is 6.16. The number of rotatable bonds is 5. The van der Waals surface area contributed by atoms with E-state index in [4.69, 9.17) is 25.8 Å². The molecule has 0 aliphatic carbocycles. The van der Waals surface area contributed by atoms with E-state index in [1.165, 1.54) is 18.1 Å². The number of fused-ring (bicyclic) bond motifs is 2.